The Kier molecular flexibility index (Phi) is 4.43. The third kappa shape index (κ3) is 3.39. The van der Waals surface area contributed by atoms with E-state index in [0.717, 1.165) is 32.9 Å². The highest BCUT2D eigenvalue weighted by Gasteiger charge is 2.35. The van der Waals surface area contributed by atoms with Gasteiger partial charge in [0.1, 0.15) is 0 Å². The second-order valence-corrected chi connectivity index (χ2v) is 8.76. The van der Waals surface area contributed by atoms with E-state index in [9.17, 15) is 4.79 Å². The Bertz CT molecular complexity index is 901. The number of benzene rings is 1. The Morgan fingerprint density at radius 1 is 1.28 bits per heavy atom. The number of nitrogens with zero attached hydrogens (tertiary/aromatic N) is 4. The molecular weight excluding hydrogens is 400 g/mol. The SMILES string of the molecule is CN(Cc1ccc(Br)s1)C(=O)c1nnn(-c2ccccc2)c1C1CC1. The average Bonchev–Trinajstić information content (AvgIpc) is 3.24. The number of carbonyl (C=O) groups excluding carboxylic acids is 1. The van der Waals surface area contributed by atoms with Crippen LogP contribution < -0.4 is 0 Å². The van der Waals surface area contributed by atoms with Crippen LogP contribution in [0.3, 0.4) is 0 Å². The van der Waals surface area contributed by atoms with Crippen LogP contribution in [-0.4, -0.2) is 32.8 Å². The highest BCUT2D eigenvalue weighted by Crippen LogP contribution is 2.42. The Morgan fingerprint density at radius 3 is 2.68 bits per heavy atom. The van der Waals surface area contributed by atoms with Gasteiger partial charge in [-0.15, -0.1) is 16.4 Å². The summed E-state index contributed by atoms with van der Waals surface area (Å²) in [5.41, 5.74) is 2.36. The maximum absolute atomic E-state index is 13.0. The van der Waals surface area contributed by atoms with Crippen molar-refractivity contribution in [2.45, 2.75) is 25.3 Å². The van der Waals surface area contributed by atoms with Crippen molar-refractivity contribution in [1.29, 1.82) is 0 Å². The Labute approximate surface area is 158 Å². The summed E-state index contributed by atoms with van der Waals surface area (Å²) in [4.78, 5) is 15.8. The fourth-order valence-electron chi connectivity index (χ4n) is 2.85. The predicted octanol–water partition coefficient (Wildman–Crippen LogP) is 4.24. The number of para-hydroxylation sites is 1. The number of hydrogen-bond donors (Lipinski definition) is 0. The number of thiophene rings is 1. The topological polar surface area (TPSA) is 51.0 Å². The van der Waals surface area contributed by atoms with E-state index in [4.69, 9.17) is 0 Å². The van der Waals surface area contributed by atoms with E-state index < -0.39 is 0 Å². The molecule has 2 heterocycles. The van der Waals surface area contributed by atoms with Gasteiger partial charge in [0.15, 0.2) is 5.69 Å². The molecule has 0 unspecified atom stereocenters. The van der Waals surface area contributed by atoms with Crippen LogP contribution in [0.25, 0.3) is 5.69 Å². The van der Waals surface area contributed by atoms with Crippen LogP contribution in [0.1, 0.15) is 39.8 Å². The molecule has 3 aromatic rings. The first-order chi connectivity index (χ1) is 12.1. The van der Waals surface area contributed by atoms with Gasteiger partial charge < -0.3 is 4.90 Å². The summed E-state index contributed by atoms with van der Waals surface area (Å²) in [7, 11) is 1.81. The number of amides is 1. The van der Waals surface area contributed by atoms with Gasteiger partial charge in [0, 0.05) is 17.8 Å². The van der Waals surface area contributed by atoms with Gasteiger partial charge in [-0.05, 0) is 53.0 Å². The quantitative estimate of drug-likeness (QED) is 0.624. The number of rotatable bonds is 5. The van der Waals surface area contributed by atoms with Crippen molar-refractivity contribution in [2.75, 3.05) is 7.05 Å². The van der Waals surface area contributed by atoms with Gasteiger partial charge in [0.25, 0.3) is 5.91 Å². The van der Waals surface area contributed by atoms with E-state index in [1.807, 2.05) is 54.2 Å². The van der Waals surface area contributed by atoms with Gasteiger partial charge in [-0.1, -0.05) is 23.4 Å². The van der Waals surface area contributed by atoms with E-state index >= 15 is 0 Å². The van der Waals surface area contributed by atoms with Crippen molar-refractivity contribution in [1.82, 2.24) is 19.9 Å². The Morgan fingerprint density at radius 2 is 2.04 bits per heavy atom. The monoisotopic (exact) mass is 416 g/mol. The zero-order chi connectivity index (χ0) is 17.4. The Balaban J connectivity index is 1.63. The molecule has 128 valence electrons. The molecule has 0 spiro atoms. The van der Waals surface area contributed by atoms with Crippen LogP contribution in [0.15, 0.2) is 46.3 Å². The lowest BCUT2D eigenvalue weighted by molar-refractivity contribution is 0.0779. The molecule has 0 radical (unpaired) electrons. The normalized spacial score (nSPS) is 13.8. The standard InChI is InChI=1S/C18H17BrN4OS/c1-22(11-14-9-10-15(19)25-14)18(24)16-17(12-7-8-12)23(21-20-16)13-5-3-2-4-6-13/h2-6,9-10,12H,7-8,11H2,1H3. The lowest BCUT2D eigenvalue weighted by atomic mass is 10.2. The third-order valence-electron chi connectivity index (χ3n) is 4.24. The van der Waals surface area contributed by atoms with Crippen LogP contribution in [-0.2, 0) is 6.54 Å². The molecule has 1 aliphatic rings. The summed E-state index contributed by atoms with van der Waals surface area (Å²) in [6.07, 6.45) is 2.17. The molecule has 2 aromatic heterocycles. The van der Waals surface area contributed by atoms with Crippen molar-refractivity contribution >= 4 is 33.2 Å². The predicted molar refractivity (Wildman–Crippen MR) is 101 cm³/mol. The molecule has 1 aliphatic carbocycles. The largest absolute Gasteiger partial charge is 0.335 e. The number of aromatic nitrogens is 3. The zero-order valence-electron chi connectivity index (χ0n) is 13.7. The van der Waals surface area contributed by atoms with E-state index in [-0.39, 0.29) is 5.91 Å². The molecule has 25 heavy (non-hydrogen) atoms. The van der Waals surface area contributed by atoms with Crippen molar-refractivity contribution in [3.05, 3.63) is 62.5 Å². The van der Waals surface area contributed by atoms with Gasteiger partial charge in [0.05, 0.1) is 21.7 Å². The van der Waals surface area contributed by atoms with Crippen LogP contribution in [0, 0.1) is 0 Å². The second-order valence-electron chi connectivity index (χ2n) is 6.21. The summed E-state index contributed by atoms with van der Waals surface area (Å²) >= 11 is 5.10. The zero-order valence-corrected chi connectivity index (χ0v) is 16.1. The number of carbonyl (C=O) groups is 1. The van der Waals surface area contributed by atoms with Crippen molar-refractivity contribution in [3.8, 4) is 5.69 Å². The Hall–Kier alpha value is -1.99. The smallest absolute Gasteiger partial charge is 0.276 e. The lowest BCUT2D eigenvalue weighted by Gasteiger charge is -2.15. The third-order valence-corrected chi connectivity index (χ3v) is 5.85. The van der Waals surface area contributed by atoms with Crippen LogP contribution >= 0.6 is 27.3 Å². The summed E-state index contributed by atoms with van der Waals surface area (Å²) < 4.78 is 2.89. The van der Waals surface area contributed by atoms with Crippen molar-refractivity contribution in [2.24, 2.45) is 0 Å². The molecule has 0 bridgehead atoms. The fourth-order valence-corrected chi connectivity index (χ4v) is 4.38. The van der Waals surface area contributed by atoms with E-state index in [1.54, 1.807) is 16.2 Å². The minimum atomic E-state index is -0.0754. The van der Waals surface area contributed by atoms with Crippen LogP contribution in [0.2, 0.25) is 0 Å². The summed E-state index contributed by atoms with van der Waals surface area (Å²) in [6.45, 7) is 0.567. The minimum Gasteiger partial charge on any atom is -0.335 e. The number of halogens is 1. The van der Waals surface area contributed by atoms with Gasteiger partial charge in [-0.3, -0.25) is 4.79 Å². The molecule has 0 saturated heterocycles. The lowest BCUT2D eigenvalue weighted by Crippen LogP contribution is -2.27. The van der Waals surface area contributed by atoms with Crippen LogP contribution in [0.5, 0.6) is 0 Å². The molecule has 1 amide bonds. The average molecular weight is 417 g/mol. The number of hydrogen-bond acceptors (Lipinski definition) is 4. The first kappa shape index (κ1) is 16.5. The first-order valence-electron chi connectivity index (χ1n) is 8.14. The molecule has 1 aromatic carbocycles. The van der Waals surface area contributed by atoms with E-state index in [1.165, 1.54) is 0 Å². The maximum atomic E-state index is 13.0. The van der Waals surface area contributed by atoms with Crippen molar-refractivity contribution < 1.29 is 4.79 Å². The molecular formula is C18H17BrN4OS. The molecule has 5 nitrogen and oxygen atoms in total. The van der Waals surface area contributed by atoms with Gasteiger partial charge in [0.2, 0.25) is 0 Å². The maximum Gasteiger partial charge on any atom is 0.276 e. The highest BCUT2D eigenvalue weighted by atomic mass is 79.9. The molecule has 4 rings (SSSR count). The van der Waals surface area contributed by atoms with Gasteiger partial charge in [-0.2, -0.15) is 0 Å². The van der Waals surface area contributed by atoms with E-state index in [0.29, 0.717) is 18.2 Å². The van der Waals surface area contributed by atoms with Crippen molar-refractivity contribution in [3.63, 3.8) is 0 Å². The molecule has 0 atom stereocenters. The summed E-state index contributed by atoms with van der Waals surface area (Å²) in [5, 5.41) is 8.51. The minimum absolute atomic E-state index is 0.0754. The van der Waals surface area contributed by atoms with E-state index in [2.05, 4.69) is 26.2 Å². The van der Waals surface area contributed by atoms with Crippen LogP contribution in [0.4, 0.5) is 0 Å². The fraction of sp³-hybridized carbons (Fsp3) is 0.278. The molecule has 1 fully saturated rings. The summed E-state index contributed by atoms with van der Waals surface area (Å²) in [6, 6.07) is 13.9. The highest BCUT2D eigenvalue weighted by molar-refractivity contribution is 9.11. The molecule has 0 aliphatic heterocycles. The molecule has 7 heteroatoms. The first-order valence-corrected chi connectivity index (χ1v) is 9.75. The van der Waals surface area contributed by atoms with Gasteiger partial charge >= 0.3 is 0 Å². The molecule has 0 N–H and O–H groups in total. The second kappa shape index (κ2) is 6.72. The van der Waals surface area contributed by atoms with Gasteiger partial charge in [-0.25, -0.2) is 4.68 Å². The molecule has 1 saturated carbocycles. The summed E-state index contributed by atoms with van der Waals surface area (Å²) in [5.74, 6) is 0.298.